The molecule has 28 heavy (non-hydrogen) atoms. The summed E-state index contributed by atoms with van der Waals surface area (Å²) < 4.78 is 16.1. The molecule has 0 aromatic heterocycles. The van der Waals surface area contributed by atoms with Gasteiger partial charge in [0.25, 0.3) is 11.8 Å². The topological polar surface area (TPSA) is 90.9 Å². The number of rotatable bonds is 7. The normalized spacial score (nSPS) is 15.6. The molecule has 1 heterocycles. The van der Waals surface area contributed by atoms with Gasteiger partial charge in [0.2, 0.25) is 0 Å². The van der Waals surface area contributed by atoms with E-state index in [4.69, 9.17) is 14.2 Å². The molecule has 0 bridgehead atoms. The van der Waals surface area contributed by atoms with Gasteiger partial charge in [-0.1, -0.05) is 18.2 Å². The Hall–Kier alpha value is -3.19. The van der Waals surface area contributed by atoms with Crippen molar-refractivity contribution in [1.82, 2.24) is 5.32 Å². The molecule has 0 aliphatic carbocycles. The van der Waals surface area contributed by atoms with Crippen LogP contribution in [0.2, 0.25) is 0 Å². The Balaban J connectivity index is 1.42. The predicted octanol–water partition coefficient (Wildman–Crippen LogP) is 2.36. The van der Waals surface area contributed by atoms with E-state index in [9.17, 15) is 14.4 Å². The third-order valence-corrected chi connectivity index (χ3v) is 4.17. The Morgan fingerprint density at radius 3 is 2.43 bits per heavy atom. The molecular formula is C21H21NO6. The summed E-state index contributed by atoms with van der Waals surface area (Å²) in [6, 6.07) is 14.7. The van der Waals surface area contributed by atoms with Crippen LogP contribution in [-0.4, -0.2) is 43.7 Å². The zero-order valence-electron chi connectivity index (χ0n) is 15.3. The monoisotopic (exact) mass is 383 g/mol. The van der Waals surface area contributed by atoms with E-state index in [1.807, 2.05) is 0 Å². The van der Waals surface area contributed by atoms with Crippen LogP contribution in [0, 0.1) is 0 Å². The smallest absolute Gasteiger partial charge is 0.338 e. The summed E-state index contributed by atoms with van der Waals surface area (Å²) in [5.41, 5.74) is 0.632. The second-order valence-electron chi connectivity index (χ2n) is 6.29. The molecule has 7 heteroatoms. The Kier molecular flexibility index (Phi) is 6.75. The Labute approximate surface area is 162 Å². The molecule has 0 saturated carbocycles. The van der Waals surface area contributed by atoms with E-state index in [1.165, 1.54) is 0 Å². The van der Waals surface area contributed by atoms with Crippen molar-refractivity contribution in [3.8, 4) is 5.75 Å². The highest BCUT2D eigenvalue weighted by Gasteiger charge is 2.16. The lowest BCUT2D eigenvalue weighted by Crippen LogP contribution is -2.34. The highest BCUT2D eigenvalue weighted by Crippen LogP contribution is 2.17. The summed E-state index contributed by atoms with van der Waals surface area (Å²) in [5.74, 6) is -1.28. The molecule has 0 unspecified atom stereocenters. The molecule has 1 saturated heterocycles. The lowest BCUT2D eigenvalue weighted by Gasteiger charge is -2.11. The minimum absolute atomic E-state index is 0.113. The van der Waals surface area contributed by atoms with Crippen LogP contribution < -0.4 is 10.1 Å². The van der Waals surface area contributed by atoms with E-state index < -0.39 is 24.4 Å². The summed E-state index contributed by atoms with van der Waals surface area (Å²) in [7, 11) is 0. The summed E-state index contributed by atoms with van der Waals surface area (Å²) in [4.78, 5) is 35.7. The van der Waals surface area contributed by atoms with Gasteiger partial charge >= 0.3 is 5.97 Å². The molecule has 2 amide bonds. The summed E-state index contributed by atoms with van der Waals surface area (Å²) in [5, 5.41) is 2.17. The Morgan fingerprint density at radius 2 is 1.75 bits per heavy atom. The predicted molar refractivity (Wildman–Crippen MR) is 100 cm³/mol. The maximum absolute atomic E-state index is 12.0. The van der Waals surface area contributed by atoms with Crippen molar-refractivity contribution in [1.29, 1.82) is 0 Å². The minimum Gasteiger partial charge on any atom is -0.491 e. The number of esters is 1. The van der Waals surface area contributed by atoms with E-state index in [1.54, 1.807) is 54.6 Å². The number of carbonyl (C=O) groups is 3. The van der Waals surface area contributed by atoms with Gasteiger partial charge in [-0.25, -0.2) is 4.79 Å². The van der Waals surface area contributed by atoms with Gasteiger partial charge in [-0.2, -0.15) is 0 Å². The van der Waals surface area contributed by atoms with Gasteiger partial charge in [0.05, 0.1) is 11.7 Å². The van der Waals surface area contributed by atoms with Gasteiger partial charge in [0, 0.05) is 12.2 Å². The fraction of sp³-hybridized carbons (Fsp3) is 0.286. The number of hydrogen-bond donors (Lipinski definition) is 1. The van der Waals surface area contributed by atoms with Crippen LogP contribution in [0.4, 0.5) is 0 Å². The van der Waals surface area contributed by atoms with Crippen LogP contribution in [0.1, 0.15) is 33.6 Å². The van der Waals surface area contributed by atoms with Crippen molar-refractivity contribution in [2.24, 2.45) is 0 Å². The summed E-state index contributed by atoms with van der Waals surface area (Å²) >= 11 is 0. The summed E-state index contributed by atoms with van der Waals surface area (Å²) in [6.45, 7) is 0.692. The number of ether oxygens (including phenoxy) is 3. The Bertz CT molecular complexity index is 813. The minimum atomic E-state index is -0.696. The van der Waals surface area contributed by atoms with Gasteiger partial charge in [-0.3, -0.25) is 14.9 Å². The number of benzene rings is 2. The molecule has 2 aromatic carbocycles. The molecule has 1 aliphatic heterocycles. The Morgan fingerprint density at radius 1 is 1.00 bits per heavy atom. The van der Waals surface area contributed by atoms with E-state index in [0.29, 0.717) is 17.9 Å². The van der Waals surface area contributed by atoms with E-state index in [-0.39, 0.29) is 11.7 Å². The molecular weight excluding hydrogens is 362 g/mol. The van der Waals surface area contributed by atoms with Gasteiger partial charge < -0.3 is 14.2 Å². The molecule has 1 fully saturated rings. The number of imide groups is 1. The van der Waals surface area contributed by atoms with Crippen molar-refractivity contribution in [3.63, 3.8) is 0 Å². The zero-order valence-corrected chi connectivity index (χ0v) is 15.3. The highest BCUT2D eigenvalue weighted by atomic mass is 16.5. The highest BCUT2D eigenvalue weighted by molar-refractivity contribution is 6.05. The fourth-order valence-electron chi connectivity index (χ4n) is 2.69. The first-order valence-electron chi connectivity index (χ1n) is 9.02. The molecule has 0 spiro atoms. The van der Waals surface area contributed by atoms with Crippen molar-refractivity contribution in [2.45, 2.75) is 18.9 Å². The third-order valence-electron chi connectivity index (χ3n) is 4.17. The molecule has 1 atom stereocenters. The van der Waals surface area contributed by atoms with Gasteiger partial charge in [-0.05, 0) is 49.2 Å². The van der Waals surface area contributed by atoms with Crippen molar-refractivity contribution in [2.75, 3.05) is 19.8 Å². The van der Waals surface area contributed by atoms with Crippen LogP contribution in [0.3, 0.4) is 0 Å². The molecule has 3 rings (SSSR count). The number of amides is 2. The van der Waals surface area contributed by atoms with Gasteiger partial charge in [0.1, 0.15) is 12.4 Å². The van der Waals surface area contributed by atoms with Crippen LogP contribution >= 0.6 is 0 Å². The van der Waals surface area contributed by atoms with Crippen molar-refractivity contribution >= 4 is 17.8 Å². The number of hydrogen-bond acceptors (Lipinski definition) is 6. The van der Waals surface area contributed by atoms with Gasteiger partial charge in [-0.15, -0.1) is 0 Å². The average Bonchev–Trinajstić information content (AvgIpc) is 3.25. The first-order valence-corrected chi connectivity index (χ1v) is 9.02. The first-order chi connectivity index (χ1) is 13.6. The summed E-state index contributed by atoms with van der Waals surface area (Å²) in [6.07, 6.45) is 2.14. The molecule has 1 N–H and O–H groups in total. The first kappa shape index (κ1) is 19.6. The zero-order chi connectivity index (χ0) is 19.8. The molecule has 2 aromatic rings. The maximum atomic E-state index is 12.0. The lowest BCUT2D eigenvalue weighted by molar-refractivity contribution is -0.123. The number of nitrogens with one attached hydrogen (secondary N) is 1. The van der Waals surface area contributed by atoms with Crippen LogP contribution in [0.25, 0.3) is 0 Å². The van der Waals surface area contributed by atoms with Crippen LogP contribution in [-0.2, 0) is 14.3 Å². The van der Waals surface area contributed by atoms with Crippen LogP contribution in [0.5, 0.6) is 5.75 Å². The van der Waals surface area contributed by atoms with E-state index in [2.05, 4.69) is 5.32 Å². The molecule has 0 radical (unpaired) electrons. The number of carbonyl (C=O) groups excluding carboxylic acids is 3. The molecule has 7 nitrogen and oxygen atoms in total. The van der Waals surface area contributed by atoms with Crippen LogP contribution in [0.15, 0.2) is 54.6 Å². The standard InChI is InChI=1S/C21H21NO6/c23-19(22-20(24)15-5-2-1-3-6-15)14-28-21(25)16-8-10-17(11-9-16)27-13-18-7-4-12-26-18/h1-3,5-6,8-11,18H,4,7,12-14H2,(H,22,23,24)/t18-/m1/s1. The second kappa shape index (κ2) is 9.66. The van der Waals surface area contributed by atoms with Crippen molar-refractivity contribution < 1.29 is 28.6 Å². The maximum Gasteiger partial charge on any atom is 0.338 e. The van der Waals surface area contributed by atoms with Crippen molar-refractivity contribution in [3.05, 3.63) is 65.7 Å². The lowest BCUT2D eigenvalue weighted by atomic mass is 10.2. The SMILES string of the molecule is O=C(COC(=O)c1ccc(OC[C@H]2CCCO2)cc1)NC(=O)c1ccccc1. The quantitative estimate of drug-likeness (QED) is 0.738. The average molecular weight is 383 g/mol. The largest absolute Gasteiger partial charge is 0.491 e. The van der Waals surface area contributed by atoms with E-state index >= 15 is 0 Å². The van der Waals surface area contributed by atoms with Gasteiger partial charge in [0.15, 0.2) is 6.61 Å². The molecule has 1 aliphatic rings. The van der Waals surface area contributed by atoms with E-state index in [0.717, 1.165) is 19.4 Å². The third kappa shape index (κ3) is 5.65. The molecule has 146 valence electrons. The fourth-order valence-corrected chi connectivity index (χ4v) is 2.69. The second-order valence-corrected chi connectivity index (χ2v) is 6.29.